The van der Waals surface area contributed by atoms with E-state index < -0.39 is 0 Å². The third kappa shape index (κ3) is 2.87. The van der Waals surface area contributed by atoms with Crippen molar-refractivity contribution in [1.29, 1.82) is 0 Å². The lowest BCUT2D eigenvalue weighted by Gasteiger charge is -2.42. The minimum atomic E-state index is 0.229. The van der Waals surface area contributed by atoms with E-state index in [1.165, 1.54) is 55.8 Å². The topological polar surface area (TPSA) is 35.2 Å². The number of nitrogens with two attached hydrogens (primary N) is 1. The zero-order valence-electron chi connectivity index (χ0n) is 11.1. The van der Waals surface area contributed by atoms with Gasteiger partial charge in [0.2, 0.25) is 0 Å². The van der Waals surface area contributed by atoms with Crippen LogP contribution in [0.15, 0.2) is 0 Å². The summed E-state index contributed by atoms with van der Waals surface area (Å²) < 4.78 is 6.13. The van der Waals surface area contributed by atoms with E-state index in [0.29, 0.717) is 17.2 Å². The van der Waals surface area contributed by atoms with Crippen molar-refractivity contribution in [2.45, 2.75) is 55.4 Å². The van der Waals surface area contributed by atoms with Gasteiger partial charge in [0, 0.05) is 35.2 Å². The first-order valence-corrected chi connectivity index (χ1v) is 9.58. The Bertz CT molecular complexity index is 275. The van der Waals surface area contributed by atoms with Crippen LogP contribution in [0.3, 0.4) is 0 Å². The van der Waals surface area contributed by atoms with Gasteiger partial charge in [0.15, 0.2) is 0 Å². The zero-order valence-corrected chi connectivity index (χ0v) is 12.7. The molecule has 1 aliphatic carbocycles. The SMILES string of the molecule is NC(C1CCOC2(CCCC2)C1)C1CSCCS1. The smallest absolute Gasteiger partial charge is 0.0685 e. The van der Waals surface area contributed by atoms with Crippen LogP contribution >= 0.6 is 23.5 Å². The highest BCUT2D eigenvalue weighted by Gasteiger charge is 2.42. The fourth-order valence-electron chi connectivity index (χ4n) is 3.79. The molecule has 3 aliphatic rings. The van der Waals surface area contributed by atoms with E-state index in [1.807, 2.05) is 0 Å². The summed E-state index contributed by atoms with van der Waals surface area (Å²) in [6.07, 6.45) is 7.69. The normalized spacial score (nSPS) is 37.8. The summed E-state index contributed by atoms with van der Waals surface area (Å²) in [7, 11) is 0. The third-order valence-electron chi connectivity index (χ3n) is 4.86. The van der Waals surface area contributed by atoms with Gasteiger partial charge in [-0.3, -0.25) is 0 Å². The Kier molecular flexibility index (Phi) is 4.49. The van der Waals surface area contributed by atoms with E-state index in [4.69, 9.17) is 10.5 Å². The second-order valence-electron chi connectivity index (χ2n) is 6.05. The van der Waals surface area contributed by atoms with Crippen molar-refractivity contribution in [1.82, 2.24) is 0 Å². The van der Waals surface area contributed by atoms with Crippen molar-refractivity contribution in [3.8, 4) is 0 Å². The van der Waals surface area contributed by atoms with E-state index in [1.54, 1.807) is 0 Å². The second-order valence-corrected chi connectivity index (χ2v) is 8.55. The molecule has 0 aromatic carbocycles. The van der Waals surface area contributed by atoms with E-state index in [0.717, 1.165) is 6.61 Å². The first-order chi connectivity index (χ1) is 8.79. The van der Waals surface area contributed by atoms with Crippen LogP contribution in [0.5, 0.6) is 0 Å². The van der Waals surface area contributed by atoms with Crippen LogP contribution in [0.2, 0.25) is 0 Å². The van der Waals surface area contributed by atoms with Gasteiger partial charge in [0.25, 0.3) is 0 Å². The summed E-state index contributed by atoms with van der Waals surface area (Å²) in [6.45, 7) is 0.947. The molecule has 0 amide bonds. The molecule has 2 aliphatic heterocycles. The van der Waals surface area contributed by atoms with Crippen LogP contribution in [-0.2, 0) is 4.74 Å². The zero-order chi connectivity index (χ0) is 12.4. The average Bonchev–Trinajstić information content (AvgIpc) is 2.87. The van der Waals surface area contributed by atoms with Crippen LogP contribution in [0, 0.1) is 5.92 Å². The molecule has 0 radical (unpaired) electrons. The van der Waals surface area contributed by atoms with Crippen LogP contribution in [0.4, 0.5) is 0 Å². The Balaban J connectivity index is 1.60. The molecule has 0 bridgehead atoms. The van der Waals surface area contributed by atoms with Crippen molar-refractivity contribution >= 4 is 23.5 Å². The lowest BCUT2D eigenvalue weighted by Crippen LogP contribution is -2.49. The molecule has 2 N–H and O–H groups in total. The van der Waals surface area contributed by atoms with Gasteiger partial charge in [-0.05, 0) is 31.6 Å². The molecule has 3 rings (SSSR count). The molecule has 2 heterocycles. The summed E-state index contributed by atoms with van der Waals surface area (Å²) in [5.74, 6) is 4.56. The molecule has 0 aromatic heterocycles. The summed E-state index contributed by atoms with van der Waals surface area (Å²) in [5, 5.41) is 0.685. The molecule has 104 valence electrons. The fraction of sp³-hybridized carbons (Fsp3) is 1.00. The average molecular weight is 287 g/mol. The molecular weight excluding hydrogens is 262 g/mol. The Labute approximate surface area is 119 Å². The molecule has 0 aromatic rings. The van der Waals surface area contributed by atoms with Gasteiger partial charge in [0.05, 0.1) is 5.60 Å². The number of thioether (sulfide) groups is 2. The maximum absolute atomic E-state index is 6.58. The van der Waals surface area contributed by atoms with Gasteiger partial charge in [0.1, 0.15) is 0 Å². The summed E-state index contributed by atoms with van der Waals surface area (Å²) in [6, 6.07) is 0.393. The van der Waals surface area contributed by atoms with Crippen molar-refractivity contribution in [3.05, 3.63) is 0 Å². The molecule has 1 saturated carbocycles. The highest BCUT2D eigenvalue weighted by Crippen LogP contribution is 2.44. The van der Waals surface area contributed by atoms with Gasteiger partial charge >= 0.3 is 0 Å². The highest BCUT2D eigenvalue weighted by molar-refractivity contribution is 8.06. The number of hydrogen-bond acceptors (Lipinski definition) is 4. The largest absolute Gasteiger partial charge is 0.375 e. The predicted octanol–water partition coefficient (Wildman–Crippen LogP) is 2.90. The fourth-order valence-corrected chi connectivity index (χ4v) is 6.69. The number of hydrogen-bond donors (Lipinski definition) is 1. The van der Waals surface area contributed by atoms with Gasteiger partial charge in [-0.25, -0.2) is 0 Å². The maximum Gasteiger partial charge on any atom is 0.0685 e. The first kappa shape index (κ1) is 13.6. The van der Waals surface area contributed by atoms with Crippen molar-refractivity contribution in [3.63, 3.8) is 0 Å². The van der Waals surface area contributed by atoms with Gasteiger partial charge in [-0.2, -0.15) is 23.5 Å². The monoisotopic (exact) mass is 287 g/mol. The Hall–Kier alpha value is 0.620. The van der Waals surface area contributed by atoms with E-state index >= 15 is 0 Å². The maximum atomic E-state index is 6.58. The molecule has 4 heteroatoms. The molecular formula is C14H25NOS2. The Morgan fingerprint density at radius 1 is 1.22 bits per heavy atom. The molecule has 1 spiro atoms. The minimum Gasteiger partial charge on any atom is -0.375 e. The highest BCUT2D eigenvalue weighted by atomic mass is 32.2. The standard InChI is InChI=1S/C14H25NOS2/c15-13(12-10-17-7-8-18-12)11-3-6-16-14(9-11)4-1-2-5-14/h11-13H,1-10,15H2. The quantitative estimate of drug-likeness (QED) is 0.847. The Morgan fingerprint density at radius 3 is 2.78 bits per heavy atom. The number of rotatable bonds is 2. The van der Waals surface area contributed by atoms with E-state index in [-0.39, 0.29) is 5.60 Å². The molecule has 3 atom stereocenters. The molecule has 3 fully saturated rings. The lowest BCUT2D eigenvalue weighted by molar-refractivity contribution is -0.0959. The van der Waals surface area contributed by atoms with Crippen LogP contribution in [0.1, 0.15) is 38.5 Å². The van der Waals surface area contributed by atoms with Crippen LogP contribution < -0.4 is 5.73 Å². The third-order valence-corrected chi connectivity index (χ3v) is 7.77. The summed E-state index contributed by atoms with van der Waals surface area (Å²) in [4.78, 5) is 0. The van der Waals surface area contributed by atoms with Gasteiger partial charge < -0.3 is 10.5 Å². The molecule has 3 unspecified atom stereocenters. The minimum absolute atomic E-state index is 0.229. The molecule has 2 saturated heterocycles. The van der Waals surface area contributed by atoms with Crippen molar-refractivity contribution in [2.24, 2.45) is 11.7 Å². The molecule has 2 nitrogen and oxygen atoms in total. The van der Waals surface area contributed by atoms with Crippen LogP contribution in [0.25, 0.3) is 0 Å². The van der Waals surface area contributed by atoms with Crippen molar-refractivity contribution in [2.75, 3.05) is 23.9 Å². The summed E-state index contributed by atoms with van der Waals surface area (Å²) in [5.41, 5.74) is 6.81. The second kappa shape index (κ2) is 5.94. The van der Waals surface area contributed by atoms with E-state index in [2.05, 4.69) is 23.5 Å². The summed E-state index contributed by atoms with van der Waals surface area (Å²) >= 11 is 4.20. The van der Waals surface area contributed by atoms with Crippen LogP contribution in [-0.4, -0.2) is 40.8 Å². The first-order valence-electron chi connectivity index (χ1n) is 7.38. The van der Waals surface area contributed by atoms with E-state index in [9.17, 15) is 0 Å². The molecule has 18 heavy (non-hydrogen) atoms. The predicted molar refractivity (Wildman–Crippen MR) is 81.4 cm³/mol. The van der Waals surface area contributed by atoms with Gasteiger partial charge in [-0.1, -0.05) is 12.8 Å². The number of ether oxygens (including phenoxy) is 1. The van der Waals surface area contributed by atoms with Gasteiger partial charge in [-0.15, -0.1) is 0 Å². The Morgan fingerprint density at radius 2 is 2.06 bits per heavy atom. The lowest BCUT2D eigenvalue weighted by atomic mass is 9.80. The van der Waals surface area contributed by atoms with Crippen molar-refractivity contribution < 1.29 is 4.74 Å².